The molecule has 6 aromatic heterocycles. The minimum Gasteiger partial charge on any atom is -0.237 e. The molecule has 0 aliphatic carbocycles. The van der Waals surface area contributed by atoms with Crippen LogP contribution < -0.4 is 27.6 Å². The topological polar surface area (TPSA) is 87.7 Å². The van der Waals surface area contributed by atoms with Crippen molar-refractivity contribution in [3.05, 3.63) is 236 Å². The summed E-state index contributed by atoms with van der Waals surface area (Å²) in [6.45, 7) is 24.7. The first-order chi connectivity index (χ1) is 56.4. The van der Waals surface area contributed by atoms with Gasteiger partial charge in [-0.1, -0.05) is 50.9 Å². The fraction of sp³-hybridized carbons (Fsp3) is 0.321. The highest BCUT2D eigenvalue weighted by atomic mass is 19.2. The lowest BCUT2D eigenvalue weighted by Crippen LogP contribution is -2.39. The maximum absolute atomic E-state index is 14.9. The molecule has 14 aromatic rings. The Labute approximate surface area is 672 Å². The second-order valence-electron chi connectivity index (χ2n) is 28.0. The Morgan fingerprint density at radius 2 is 0.455 bits per heavy atom. The highest BCUT2D eigenvalue weighted by Crippen LogP contribution is 2.41. The Bertz CT molecular complexity index is 6740. The Morgan fingerprint density at radius 1 is 0.190 bits per heavy atom. The molecular weight excluding hydrogens is 1660 g/mol. The number of rotatable bonds is 6. The molecule has 11 nitrogen and oxygen atoms in total. The Hall–Kier alpha value is -11.4. The van der Waals surface area contributed by atoms with Crippen molar-refractivity contribution in [2.75, 3.05) is 0 Å². The van der Waals surface area contributed by atoms with Crippen molar-refractivity contribution in [2.45, 2.75) is 142 Å². The molecular formula is C84H75F26N11+6. The SMILES string of the molecule is CCc1c(C)c(C)c2c(F)c(F)c(F)c(C)c2[n+]1C.CCc1c(C)nc2c(F)c(F)c(F)c(C)c2[n+]1C.CCc1c2c(F)c(F)c(F)c(F)c2c(C)n[n+]1C.CCc1c2c(F)c(F)c(F)c(F)c2nc(C)[n+]1C.CCc1c2c(F)c3c(F)c(F)c(F)c(F)c3c(F)c2c(C)n[n+]1C.CCc1c2c(F)c3c(F)c(F)c(F)c(F)c3c(F)c2nc(C)[n+]1C. The largest absolute Gasteiger partial charge is 0.296 e. The molecule has 0 aliphatic heterocycles. The van der Waals surface area contributed by atoms with Crippen LogP contribution in [-0.2, 0) is 80.8 Å². The zero-order chi connectivity index (χ0) is 91.2. The number of pyridine rings is 1. The van der Waals surface area contributed by atoms with Gasteiger partial charge in [0, 0.05) is 57.9 Å². The molecule has 0 aliphatic rings. The third kappa shape index (κ3) is 15.2. The zero-order valence-electron chi connectivity index (χ0n) is 68.5. The molecule has 14 rings (SSSR count). The number of nitrogens with zero attached hydrogens (tertiary/aromatic N) is 11. The number of benzene rings is 8. The third-order valence-corrected chi connectivity index (χ3v) is 21.4. The van der Waals surface area contributed by atoms with E-state index in [0.29, 0.717) is 64.6 Å². The predicted molar refractivity (Wildman–Crippen MR) is 393 cm³/mol. The smallest absolute Gasteiger partial charge is 0.237 e. The van der Waals surface area contributed by atoms with Crippen LogP contribution in [0, 0.1) is 214 Å². The number of aryl methyl sites for hydroxylation is 16. The van der Waals surface area contributed by atoms with Crippen LogP contribution in [0.1, 0.15) is 127 Å². The van der Waals surface area contributed by atoms with Crippen molar-refractivity contribution in [2.24, 2.45) is 42.3 Å². The maximum atomic E-state index is 14.9. The molecule has 0 unspecified atom stereocenters. The number of halogens is 26. The average Bonchev–Trinajstić information content (AvgIpc) is 0.718. The van der Waals surface area contributed by atoms with E-state index in [9.17, 15) is 114 Å². The summed E-state index contributed by atoms with van der Waals surface area (Å²) in [5, 5.41) is 1.10. The van der Waals surface area contributed by atoms with Gasteiger partial charge in [-0.05, 0) is 74.2 Å². The van der Waals surface area contributed by atoms with Gasteiger partial charge in [0.2, 0.25) is 50.8 Å². The molecule has 0 bridgehead atoms. The van der Waals surface area contributed by atoms with Gasteiger partial charge in [-0.15, -0.1) is 0 Å². The summed E-state index contributed by atoms with van der Waals surface area (Å²) in [5.41, 5.74) is 5.15. The van der Waals surface area contributed by atoms with E-state index >= 15 is 0 Å². The fourth-order valence-electron chi connectivity index (χ4n) is 15.2. The van der Waals surface area contributed by atoms with Crippen LogP contribution in [0.4, 0.5) is 114 Å². The third-order valence-electron chi connectivity index (χ3n) is 21.4. The van der Waals surface area contributed by atoms with Gasteiger partial charge in [0.25, 0.3) is 11.6 Å². The lowest BCUT2D eigenvalue weighted by molar-refractivity contribution is -0.736. The number of hydrogen-bond donors (Lipinski definition) is 0. The molecule has 0 radical (unpaired) electrons. The van der Waals surface area contributed by atoms with Crippen LogP contribution in [0.5, 0.6) is 0 Å². The second-order valence-corrected chi connectivity index (χ2v) is 28.0. The van der Waals surface area contributed by atoms with Crippen LogP contribution in [0.15, 0.2) is 0 Å². The lowest BCUT2D eigenvalue weighted by atomic mass is 9.98. The van der Waals surface area contributed by atoms with E-state index in [1.807, 2.05) is 20.8 Å². The second kappa shape index (κ2) is 35.3. The highest BCUT2D eigenvalue weighted by Gasteiger charge is 2.38. The molecule has 0 atom stereocenters. The lowest BCUT2D eigenvalue weighted by Gasteiger charge is -2.13. The number of hydrogen-bond acceptors (Lipinski definition) is 5. The molecule has 8 aromatic carbocycles. The van der Waals surface area contributed by atoms with E-state index in [0.717, 1.165) is 23.4 Å². The number of aromatic nitrogens is 11. The summed E-state index contributed by atoms with van der Waals surface area (Å²) in [6, 6.07) is 0. The average molecular weight is 1730 g/mol. The van der Waals surface area contributed by atoms with Gasteiger partial charge in [-0.2, -0.15) is 13.5 Å². The van der Waals surface area contributed by atoms with Crippen molar-refractivity contribution < 1.29 is 142 Å². The van der Waals surface area contributed by atoms with Crippen LogP contribution in [0.25, 0.3) is 86.8 Å². The van der Waals surface area contributed by atoms with E-state index in [1.165, 1.54) is 60.2 Å². The van der Waals surface area contributed by atoms with Crippen molar-refractivity contribution in [3.63, 3.8) is 0 Å². The van der Waals surface area contributed by atoms with E-state index < -0.39 is 184 Å². The standard InChI is InChI=1S/2C16H11F6N2.C15H17F3N.C13H14F3N2.2C12H11F4N2/c1-4-6-7-10(17)8-9(12(19)15(22)14(21)11(8)18)13(20)16(7)23-5(2)24(6)3;1-4-6-8-7(5(2)23-24(6)3)11(17)9-10(12(8)18)14(20)16(22)15(21)13(9)19;1-6-10-7(2)8(3)11-13(17)14(18)12(16)9(4)15(11)19(10)5;1-5-8-7(3)17-12-11(16)10(15)9(14)6(2)13(12)18(8)4;1-4-6-7-8(13)9(14)10(15)11(16)12(7)17-5(2)18(6)3;1-4-6-8-7(5(2)17-18(6)3)9(13)11(15)12(16)10(8)14/h2*4H2,1-3H3;6H2,1-5H3;5H2,1-4H3;2*4H2,1-3H3/q6*+1. The van der Waals surface area contributed by atoms with Gasteiger partial charge in [-0.3, -0.25) is 0 Å². The summed E-state index contributed by atoms with van der Waals surface area (Å²) < 4.78 is 368. The van der Waals surface area contributed by atoms with Crippen molar-refractivity contribution in [1.29, 1.82) is 0 Å². The van der Waals surface area contributed by atoms with Gasteiger partial charge in [0.05, 0.1) is 73.7 Å². The molecule has 0 spiro atoms. The molecule has 642 valence electrons. The molecule has 37 heteroatoms. The van der Waals surface area contributed by atoms with Crippen LogP contribution in [0.3, 0.4) is 0 Å². The van der Waals surface area contributed by atoms with Crippen molar-refractivity contribution in [1.82, 2.24) is 25.1 Å². The van der Waals surface area contributed by atoms with Crippen LogP contribution in [0.2, 0.25) is 0 Å². The van der Waals surface area contributed by atoms with Gasteiger partial charge >= 0.3 is 0 Å². The Balaban J connectivity index is 0.000000166. The summed E-state index contributed by atoms with van der Waals surface area (Å²) in [4.78, 5) is 11.7. The first-order valence-corrected chi connectivity index (χ1v) is 36.9. The molecule has 0 saturated heterocycles. The first-order valence-electron chi connectivity index (χ1n) is 36.9. The molecule has 0 fully saturated rings. The minimum atomic E-state index is -2.20. The molecule has 0 amide bonds. The Kier molecular flexibility index (Phi) is 27.3. The summed E-state index contributed by atoms with van der Waals surface area (Å²) >= 11 is 0. The van der Waals surface area contributed by atoms with Crippen LogP contribution >= 0.6 is 0 Å². The van der Waals surface area contributed by atoms with Crippen molar-refractivity contribution >= 4 is 86.8 Å². The molecule has 0 saturated carbocycles. The number of fused-ring (bicyclic) bond motifs is 8. The van der Waals surface area contributed by atoms with E-state index in [4.69, 9.17) is 0 Å². The monoisotopic (exact) mass is 1730 g/mol. The van der Waals surface area contributed by atoms with Crippen molar-refractivity contribution in [3.8, 4) is 0 Å². The van der Waals surface area contributed by atoms with Crippen LogP contribution in [-0.4, -0.2) is 25.1 Å². The van der Waals surface area contributed by atoms with Gasteiger partial charge < -0.3 is 0 Å². The summed E-state index contributed by atoms with van der Waals surface area (Å²) in [7, 11) is 9.65. The van der Waals surface area contributed by atoms with Gasteiger partial charge in [-0.25, -0.2) is 124 Å². The predicted octanol–water partition coefficient (Wildman–Crippen LogP) is 19.0. The van der Waals surface area contributed by atoms with Gasteiger partial charge in [0.1, 0.15) is 70.8 Å². The van der Waals surface area contributed by atoms with E-state index in [-0.39, 0.29) is 90.0 Å². The highest BCUT2D eigenvalue weighted by molar-refractivity contribution is 6.02. The zero-order valence-corrected chi connectivity index (χ0v) is 68.5. The molecule has 121 heavy (non-hydrogen) atoms. The summed E-state index contributed by atoms with van der Waals surface area (Å²) in [6.07, 6.45) is 2.53. The molecule has 0 N–H and O–H groups in total. The molecule has 6 heterocycles. The summed E-state index contributed by atoms with van der Waals surface area (Å²) in [5.74, 6) is -41.9. The quantitative estimate of drug-likeness (QED) is 0.0544. The fourth-order valence-corrected chi connectivity index (χ4v) is 15.2. The maximum Gasteiger partial charge on any atom is 0.296 e. The Morgan fingerprint density at radius 3 is 0.851 bits per heavy atom. The first kappa shape index (κ1) is 93.4. The van der Waals surface area contributed by atoms with E-state index in [2.05, 4.69) is 25.1 Å². The minimum absolute atomic E-state index is 0.00698. The van der Waals surface area contributed by atoms with Gasteiger partial charge in [0.15, 0.2) is 147 Å². The van der Waals surface area contributed by atoms with E-state index in [1.54, 1.807) is 92.8 Å². The normalized spacial score (nSPS) is 11.5.